The normalized spacial score (nSPS) is 19.9. The van der Waals surface area contributed by atoms with Crippen molar-refractivity contribution in [1.29, 1.82) is 0 Å². The smallest absolute Gasteiger partial charge is 0.306 e. The van der Waals surface area contributed by atoms with E-state index in [9.17, 15) is 13.6 Å². The highest BCUT2D eigenvalue weighted by atomic mass is 19.1. The second-order valence-electron chi connectivity index (χ2n) is 8.87. The number of halogens is 2. The van der Waals surface area contributed by atoms with Crippen LogP contribution in [-0.4, -0.2) is 43.7 Å². The fourth-order valence-electron chi connectivity index (χ4n) is 4.55. The monoisotopic (exact) mass is 459 g/mol. The SMILES string of the molecule is CCOC(=O)C[C@@H]1CCN(CCCCOC(c2ccc(F)cc2)c2ccccc2F)C[C@H]1C. The van der Waals surface area contributed by atoms with Crippen LogP contribution in [0.1, 0.15) is 56.8 Å². The predicted octanol–water partition coefficient (Wildman–Crippen LogP) is 5.76. The second kappa shape index (κ2) is 12.8. The highest BCUT2D eigenvalue weighted by Gasteiger charge is 2.28. The van der Waals surface area contributed by atoms with E-state index in [1.807, 2.05) is 6.92 Å². The van der Waals surface area contributed by atoms with E-state index in [0.29, 0.717) is 37.0 Å². The number of benzene rings is 2. The average Bonchev–Trinajstić information content (AvgIpc) is 2.80. The molecule has 33 heavy (non-hydrogen) atoms. The largest absolute Gasteiger partial charge is 0.466 e. The van der Waals surface area contributed by atoms with Gasteiger partial charge in [-0.05, 0) is 74.9 Å². The molecular weight excluding hydrogens is 424 g/mol. The molecule has 180 valence electrons. The molecule has 0 aromatic heterocycles. The van der Waals surface area contributed by atoms with E-state index < -0.39 is 6.10 Å². The molecule has 6 heteroatoms. The van der Waals surface area contributed by atoms with Crippen LogP contribution >= 0.6 is 0 Å². The van der Waals surface area contributed by atoms with Gasteiger partial charge >= 0.3 is 5.97 Å². The number of unbranched alkanes of at least 4 members (excludes halogenated alkanes) is 1. The van der Waals surface area contributed by atoms with Gasteiger partial charge in [0.15, 0.2) is 0 Å². The van der Waals surface area contributed by atoms with E-state index in [-0.39, 0.29) is 17.6 Å². The zero-order valence-electron chi connectivity index (χ0n) is 19.6. The number of nitrogens with zero attached hydrogens (tertiary/aromatic N) is 1. The molecule has 0 N–H and O–H groups in total. The van der Waals surface area contributed by atoms with Crippen molar-refractivity contribution in [3.05, 3.63) is 71.3 Å². The minimum Gasteiger partial charge on any atom is -0.466 e. The van der Waals surface area contributed by atoms with E-state index in [1.165, 1.54) is 18.2 Å². The van der Waals surface area contributed by atoms with Crippen molar-refractivity contribution in [1.82, 2.24) is 4.90 Å². The fraction of sp³-hybridized carbons (Fsp3) is 0.519. The number of hydrogen-bond acceptors (Lipinski definition) is 4. The minimum atomic E-state index is -0.564. The van der Waals surface area contributed by atoms with Crippen LogP contribution in [-0.2, 0) is 14.3 Å². The van der Waals surface area contributed by atoms with Crippen LogP contribution in [0.3, 0.4) is 0 Å². The van der Waals surface area contributed by atoms with Gasteiger partial charge in [0.25, 0.3) is 0 Å². The van der Waals surface area contributed by atoms with Crippen LogP contribution in [0.4, 0.5) is 8.78 Å². The Kier molecular flexibility index (Phi) is 9.82. The average molecular weight is 460 g/mol. The topological polar surface area (TPSA) is 38.8 Å². The van der Waals surface area contributed by atoms with Crippen LogP contribution in [0.2, 0.25) is 0 Å². The molecule has 2 aromatic carbocycles. The lowest BCUT2D eigenvalue weighted by atomic mass is 9.84. The van der Waals surface area contributed by atoms with Crippen molar-refractivity contribution >= 4 is 5.97 Å². The van der Waals surface area contributed by atoms with Crippen LogP contribution in [0.5, 0.6) is 0 Å². The van der Waals surface area contributed by atoms with Gasteiger partial charge in [-0.1, -0.05) is 37.3 Å². The maximum atomic E-state index is 14.4. The molecule has 3 atom stereocenters. The van der Waals surface area contributed by atoms with E-state index in [4.69, 9.17) is 9.47 Å². The Morgan fingerprint density at radius 2 is 1.88 bits per heavy atom. The highest BCUT2D eigenvalue weighted by Crippen LogP contribution is 2.29. The summed E-state index contributed by atoms with van der Waals surface area (Å²) in [6.45, 7) is 7.92. The van der Waals surface area contributed by atoms with E-state index in [0.717, 1.165) is 44.5 Å². The minimum absolute atomic E-state index is 0.0921. The molecular formula is C27H35F2NO3. The third kappa shape index (κ3) is 7.61. The van der Waals surface area contributed by atoms with Crippen LogP contribution < -0.4 is 0 Å². The van der Waals surface area contributed by atoms with Crippen LogP contribution in [0.25, 0.3) is 0 Å². The Hall–Kier alpha value is -2.31. The Morgan fingerprint density at radius 1 is 1.12 bits per heavy atom. The first-order valence-electron chi connectivity index (χ1n) is 12.0. The number of carbonyl (C=O) groups is 1. The summed E-state index contributed by atoms with van der Waals surface area (Å²) < 4.78 is 39.0. The Bertz CT molecular complexity index is 874. The van der Waals surface area contributed by atoms with Gasteiger partial charge < -0.3 is 14.4 Å². The van der Waals surface area contributed by atoms with Crippen molar-refractivity contribution in [3.63, 3.8) is 0 Å². The summed E-state index contributed by atoms with van der Waals surface area (Å²) in [5, 5.41) is 0. The van der Waals surface area contributed by atoms with Gasteiger partial charge in [0, 0.05) is 25.1 Å². The molecule has 0 bridgehead atoms. The fourth-order valence-corrected chi connectivity index (χ4v) is 4.55. The number of esters is 1. The summed E-state index contributed by atoms with van der Waals surface area (Å²) in [7, 11) is 0. The summed E-state index contributed by atoms with van der Waals surface area (Å²) in [4.78, 5) is 14.2. The van der Waals surface area contributed by atoms with Gasteiger partial charge in [-0.25, -0.2) is 8.78 Å². The number of carbonyl (C=O) groups excluding carboxylic acids is 1. The van der Waals surface area contributed by atoms with Crippen molar-refractivity contribution in [2.45, 2.75) is 45.6 Å². The van der Waals surface area contributed by atoms with Gasteiger partial charge in [-0.2, -0.15) is 0 Å². The zero-order valence-corrected chi connectivity index (χ0v) is 19.6. The molecule has 1 unspecified atom stereocenters. The van der Waals surface area contributed by atoms with Crippen LogP contribution in [0.15, 0.2) is 48.5 Å². The molecule has 0 saturated carbocycles. The quantitative estimate of drug-likeness (QED) is 0.316. The first kappa shape index (κ1) is 25.3. The lowest BCUT2D eigenvalue weighted by Crippen LogP contribution is -2.40. The molecule has 0 spiro atoms. The zero-order chi connectivity index (χ0) is 23.6. The van der Waals surface area contributed by atoms with E-state index >= 15 is 0 Å². The van der Waals surface area contributed by atoms with Crippen molar-refractivity contribution in [2.75, 3.05) is 32.8 Å². The summed E-state index contributed by atoms with van der Waals surface area (Å²) in [5.74, 6) is 0.104. The first-order chi connectivity index (χ1) is 16.0. The number of ether oxygens (including phenoxy) is 2. The van der Waals surface area contributed by atoms with Crippen LogP contribution in [0, 0.1) is 23.5 Å². The maximum Gasteiger partial charge on any atom is 0.306 e. The van der Waals surface area contributed by atoms with Gasteiger partial charge in [-0.3, -0.25) is 4.79 Å². The van der Waals surface area contributed by atoms with E-state index in [1.54, 1.807) is 30.3 Å². The lowest BCUT2D eigenvalue weighted by molar-refractivity contribution is -0.145. The number of hydrogen-bond donors (Lipinski definition) is 0. The van der Waals surface area contributed by atoms with E-state index in [2.05, 4.69) is 11.8 Å². The van der Waals surface area contributed by atoms with Gasteiger partial charge in [0.2, 0.25) is 0 Å². The molecule has 1 aliphatic heterocycles. The molecule has 2 aromatic rings. The Balaban J connectivity index is 1.45. The lowest BCUT2D eigenvalue weighted by Gasteiger charge is -2.36. The summed E-state index contributed by atoms with van der Waals surface area (Å²) in [6.07, 6.45) is 2.78. The summed E-state index contributed by atoms with van der Waals surface area (Å²) in [5.41, 5.74) is 1.20. The van der Waals surface area contributed by atoms with Crippen molar-refractivity contribution in [2.24, 2.45) is 11.8 Å². The van der Waals surface area contributed by atoms with Gasteiger partial charge in [0.1, 0.15) is 17.7 Å². The molecule has 1 heterocycles. The summed E-state index contributed by atoms with van der Waals surface area (Å²) >= 11 is 0. The molecule has 4 nitrogen and oxygen atoms in total. The Morgan fingerprint density at radius 3 is 2.58 bits per heavy atom. The van der Waals surface area contributed by atoms with Gasteiger partial charge in [0.05, 0.1) is 6.61 Å². The standard InChI is InChI=1S/C27H35F2NO3/c1-3-32-26(31)18-22-14-16-30(19-20(22)2)15-6-7-17-33-27(21-10-12-23(28)13-11-21)24-8-4-5-9-25(24)29/h4-5,8-13,20,22,27H,3,6-7,14-19H2,1-2H3/t20-,22+,27?/m1/s1. The predicted molar refractivity (Wildman–Crippen MR) is 125 cm³/mol. The third-order valence-corrected chi connectivity index (χ3v) is 6.41. The molecule has 1 fully saturated rings. The molecule has 0 aliphatic carbocycles. The molecule has 0 amide bonds. The highest BCUT2D eigenvalue weighted by molar-refractivity contribution is 5.69. The molecule has 1 aliphatic rings. The molecule has 3 rings (SSSR count). The maximum absolute atomic E-state index is 14.4. The summed E-state index contributed by atoms with van der Waals surface area (Å²) in [6, 6.07) is 12.6. The number of rotatable bonds is 11. The molecule has 1 saturated heterocycles. The third-order valence-electron chi connectivity index (χ3n) is 6.41. The van der Waals surface area contributed by atoms with Crippen molar-refractivity contribution in [3.8, 4) is 0 Å². The second-order valence-corrected chi connectivity index (χ2v) is 8.87. The number of piperidine rings is 1. The number of likely N-dealkylation sites (tertiary alicyclic amines) is 1. The Labute approximate surface area is 195 Å². The van der Waals surface area contributed by atoms with Crippen molar-refractivity contribution < 1.29 is 23.0 Å². The van der Waals surface area contributed by atoms with Gasteiger partial charge in [-0.15, -0.1) is 0 Å². The first-order valence-corrected chi connectivity index (χ1v) is 12.0. The molecule has 0 radical (unpaired) electrons.